The van der Waals surface area contributed by atoms with E-state index in [1.54, 1.807) is 19.1 Å². The van der Waals surface area contributed by atoms with E-state index in [0.29, 0.717) is 10.4 Å². The first kappa shape index (κ1) is 12.9. The minimum atomic E-state index is -0.558. The second-order valence-corrected chi connectivity index (χ2v) is 6.08. The van der Waals surface area contributed by atoms with Gasteiger partial charge in [-0.05, 0) is 39.9 Å². The minimum absolute atomic E-state index is 0.00162. The summed E-state index contributed by atoms with van der Waals surface area (Å²) in [5, 5.41) is 14.4. The topological polar surface area (TPSA) is 78.0 Å². The van der Waals surface area contributed by atoms with Gasteiger partial charge in [-0.15, -0.1) is 11.3 Å². The van der Waals surface area contributed by atoms with Crippen molar-refractivity contribution in [3.8, 4) is 0 Å². The molecule has 0 aliphatic heterocycles. The van der Waals surface area contributed by atoms with Crippen LogP contribution in [0.1, 0.15) is 15.2 Å². The lowest BCUT2D eigenvalue weighted by atomic mass is 10.3. The fourth-order valence-corrected chi connectivity index (χ4v) is 2.78. The number of carbonyl (C=O) groups is 1. The Balaban J connectivity index is 2.17. The summed E-state index contributed by atoms with van der Waals surface area (Å²) >= 11 is 4.60. The van der Waals surface area contributed by atoms with Crippen LogP contribution in [0.3, 0.4) is 0 Å². The molecule has 0 aliphatic carbocycles. The number of carbonyl (C=O) groups excluding carboxylic acids is 1. The van der Waals surface area contributed by atoms with Gasteiger partial charge in [-0.3, -0.25) is 4.79 Å². The molecule has 0 bridgehead atoms. The number of nitro groups is 1. The maximum absolute atomic E-state index is 11.9. The van der Waals surface area contributed by atoms with E-state index >= 15 is 0 Å². The molecule has 0 aromatic carbocycles. The molecular formula is C10H8BrN3O3S. The molecule has 2 heterocycles. The average Bonchev–Trinajstić information content (AvgIpc) is 2.85. The Morgan fingerprint density at radius 2 is 2.33 bits per heavy atom. The van der Waals surface area contributed by atoms with Crippen LogP contribution in [0.15, 0.2) is 22.1 Å². The molecule has 6 nitrogen and oxygen atoms in total. The van der Waals surface area contributed by atoms with Crippen LogP contribution in [0.4, 0.5) is 5.82 Å². The Bertz CT molecular complexity index is 620. The normalized spacial score (nSPS) is 10.6. The van der Waals surface area contributed by atoms with Gasteiger partial charge in [0.2, 0.25) is 0 Å². The van der Waals surface area contributed by atoms with E-state index in [0.717, 1.165) is 3.79 Å². The Hall–Kier alpha value is -1.54. The largest absolute Gasteiger partial charge is 0.392 e. The zero-order chi connectivity index (χ0) is 13.3. The van der Waals surface area contributed by atoms with Crippen molar-refractivity contribution in [3.05, 3.63) is 42.7 Å². The number of nitrogens with zero attached hydrogens (tertiary/aromatic N) is 3. The Labute approximate surface area is 115 Å². The van der Waals surface area contributed by atoms with Gasteiger partial charge in [0.25, 0.3) is 0 Å². The first-order valence-electron chi connectivity index (χ1n) is 4.94. The number of hydrogen-bond donors (Lipinski definition) is 0. The van der Waals surface area contributed by atoms with Crippen molar-refractivity contribution in [3.63, 3.8) is 0 Å². The molecule has 0 atom stereocenters. The molecule has 2 aromatic heterocycles. The first-order valence-corrected chi connectivity index (χ1v) is 6.55. The number of Topliss-reactive ketones (excluding diaryl/α,β-unsaturated/α-hetero) is 1. The summed E-state index contributed by atoms with van der Waals surface area (Å²) in [6, 6.07) is 3.50. The van der Waals surface area contributed by atoms with Crippen LogP contribution >= 0.6 is 27.3 Å². The SMILES string of the molecule is Cc1cn(CC(=O)c2ccc(Br)s2)nc1[N+](=O)[O-]. The molecule has 0 spiro atoms. The number of halogens is 1. The summed E-state index contributed by atoms with van der Waals surface area (Å²) in [5.74, 6) is -0.335. The molecule has 0 saturated carbocycles. The standard InChI is InChI=1S/C10H8BrN3O3S/c1-6-4-13(12-10(6)14(16)17)5-7(15)8-2-3-9(11)18-8/h2-4H,5H2,1H3. The smallest absolute Gasteiger partial charge is 0.358 e. The number of hydrogen-bond acceptors (Lipinski definition) is 5. The van der Waals surface area contributed by atoms with Crippen molar-refractivity contribution >= 4 is 38.9 Å². The maximum atomic E-state index is 11.9. The molecule has 0 N–H and O–H groups in total. The summed E-state index contributed by atoms with van der Waals surface area (Å²) in [4.78, 5) is 22.5. The van der Waals surface area contributed by atoms with Crippen molar-refractivity contribution < 1.29 is 9.72 Å². The zero-order valence-corrected chi connectivity index (χ0v) is 11.7. The van der Waals surface area contributed by atoms with Gasteiger partial charge in [-0.1, -0.05) is 0 Å². The number of thiophene rings is 1. The summed E-state index contributed by atoms with van der Waals surface area (Å²) in [6.45, 7) is 1.59. The van der Waals surface area contributed by atoms with Gasteiger partial charge in [0.05, 0.1) is 25.5 Å². The highest BCUT2D eigenvalue weighted by Crippen LogP contribution is 2.23. The van der Waals surface area contributed by atoms with E-state index in [2.05, 4.69) is 21.0 Å². The van der Waals surface area contributed by atoms with Gasteiger partial charge < -0.3 is 10.1 Å². The van der Waals surface area contributed by atoms with Gasteiger partial charge in [-0.2, -0.15) is 4.68 Å². The quantitative estimate of drug-likeness (QED) is 0.491. The van der Waals surface area contributed by atoms with E-state index in [9.17, 15) is 14.9 Å². The highest BCUT2D eigenvalue weighted by molar-refractivity contribution is 9.11. The van der Waals surface area contributed by atoms with Gasteiger partial charge in [0.1, 0.15) is 6.54 Å². The average molecular weight is 330 g/mol. The summed E-state index contributed by atoms with van der Waals surface area (Å²) in [7, 11) is 0. The van der Waals surface area contributed by atoms with Crippen LogP contribution in [-0.2, 0) is 6.54 Å². The van der Waals surface area contributed by atoms with Crippen molar-refractivity contribution in [2.75, 3.05) is 0 Å². The third-order valence-electron chi connectivity index (χ3n) is 2.25. The minimum Gasteiger partial charge on any atom is -0.358 e. The summed E-state index contributed by atoms with van der Waals surface area (Å²) in [6.07, 6.45) is 1.50. The van der Waals surface area contributed by atoms with Crippen LogP contribution in [0, 0.1) is 17.0 Å². The highest BCUT2D eigenvalue weighted by atomic mass is 79.9. The molecule has 0 radical (unpaired) electrons. The lowest BCUT2D eigenvalue weighted by Crippen LogP contribution is -2.09. The van der Waals surface area contributed by atoms with Crippen LogP contribution in [0.5, 0.6) is 0 Å². The molecular weight excluding hydrogens is 322 g/mol. The molecule has 18 heavy (non-hydrogen) atoms. The highest BCUT2D eigenvalue weighted by Gasteiger charge is 2.19. The molecule has 2 rings (SSSR count). The maximum Gasteiger partial charge on any atom is 0.392 e. The van der Waals surface area contributed by atoms with Crippen molar-refractivity contribution in [1.29, 1.82) is 0 Å². The van der Waals surface area contributed by atoms with E-state index in [-0.39, 0.29) is 18.1 Å². The predicted octanol–water partition coefficient (Wildman–Crippen LogP) is 2.81. The second-order valence-electron chi connectivity index (χ2n) is 3.62. The van der Waals surface area contributed by atoms with Crippen LogP contribution in [0.25, 0.3) is 0 Å². The van der Waals surface area contributed by atoms with E-state index < -0.39 is 4.92 Å². The molecule has 94 valence electrons. The Kier molecular flexibility index (Phi) is 3.58. The predicted molar refractivity (Wildman–Crippen MR) is 70.0 cm³/mol. The lowest BCUT2D eigenvalue weighted by molar-refractivity contribution is -0.390. The van der Waals surface area contributed by atoms with E-state index in [1.807, 2.05) is 0 Å². The summed E-state index contributed by atoms with van der Waals surface area (Å²) in [5.41, 5.74) is 0.445. The van der Waals surface area contributed by atoms with Crippen LogP contribution in [-0.4, -0.2) is 20.5 Å². The molecule has 0 amide bonds. The van der Waals surface area contributed by atoms with Crippen molar-refractivity contribution in [2.24, 2.45) is 0 Å². The van der Waals surface area contributed by atoms with E-state index in [1.165, 1.54) is 22.2 Å². The van der Waals surface area contributed by atoms with Gasteiger partial charge in [-0.25, -0.2) is 0 Å². The Morgan fingerprint density at radius 3 is 2.83 bits per heavy atom. The molecule has 0 saturated heterocycles. The zero-order valence-electron chi connectivity index (χ0n) is 9.29. The van der Waals surface area contributed by atoms with E-state index in [4.69, 9.17) is 0 Å². The molecule has 8 heteroatoms. The van der Waals surface area contributed by atoms with Gasteiger partial charge >= 0.3 is 5.82 Å². The van der Waals surface area contributed by atoms with Crippen LogP contribution in [0.2, 0.25) is 0 Å². The van der Waals surface area contributed by atoms with Crippen molar-refractivity contribution in [2.45, 2.75) is 13.5 Å². The fraction of sp³-hybridized carbons (Fsp3) is 0.200. The molecule has 0 fully saturated rings. The fourth-order valence-electron chi connectivity index (χ4n) is 1.46. The molecule has 0 aliphatic rings. The molecule has 2 aromatic rings. The monoisotopic (exact) mass is 329 g/mol. The number of ketones is 1. The number of aromatic nitrogens is 2. The van der Waals surface area contributed by atoms with Gasteiger partial charge in [0.15, 0.2) is 5.78 Å². The third kappa shape index (κ3) is 2.65. The third-order valence-corrected chi connectivity index (χ3v) is 3.91. The molecule has 0 unspecified atom stereocenters. The van der Waals surface area contributed by atoms with Crippen molar-refractivity contribution in [1.82, 2.24) is 9.78 Å². The second kappa shape index (κ2) is 4.99. The van der Waals surface area contributed by atoms with Crippen LogP contribution < -0.4 is 0 Å². The summed E-state index contributed by atoms with van der Waals surface area (Å²) < 4.78 is 2.16. The Morgan fingerprint density at radius 1 is 1.61 bits per heavy atom. The van der Waals surface area contributed by atoms with Gasteiger partial charge in [0, 0.05) is 0 Å². The number of rotatable bonds is 4. The number of aryl methyl sites for hydroxylation is 1. The first-order chi connectivity index (χ1) is 8.47. The lowest BCUT2D eigenvalue weighted by Gasteiger charge is -1.93.